The molecule has 2 saturated heterocycles. The third-order valence-corrected chi connectivity index (χ3v) is 4.81. The van der Waals surface area contributed by atoms with Gasteiger partial charge in [0.15, 0.2) is 0 Å². The van der Waals surface area contributed by atoms with E-state index in [1.165, 1.54) is 4.90 Å². The van der Waals surface area contributed by atoms with Crippen molar-refractivity contribution in [3.05, 3.63) is 35.4 Å². The van der Waals surface area contributed by atoms with Crippen LogP contribution in [0, 0.1) is 5.92 Å². The third kappa shape index (κ3) is 3.64. The normalized spacial score (nSPS) is 24.3. The van der Waals surface area contributed by atoms with E-state index in [9.17, 15) is 14.4 Å². The first-order chi connectivity index (χ1) is 11.5. The molecule has 24 heavy (non-hydrogen) atoms. The molecule has 1 aromatic rings. The molecule has 2 N–H and O–H groups in total. The number of nitrogens with one attached hydrogen (secondary N) is 2. The van der Waals surface area contributed by atoms with Crippen molar-refractivity contribution >= 4 is 17.7 Å². The molecule has 3 rings (SSSR count). The lowest BCUT2D eigenvalue weighted by Crippen LogP contribution is -2.48. The van der Waals surface area contributed by atoms with Crippen LogP contribution in [0.5, 0.6) is 0 Å². The Morgan fingerprint density at radius 2 is 1.88 bits per heavy atom. The second-order valence-corrected chi connectivity index (χ2v) is 6.62. The van der Waals surface area contributed by atoms with E-state index in [0.29, 0.717) is 24.3 Å². The predicted molar refractivity (Wildman–Crippen MR) is 89.1 cm³/mol. The van der Waals surface area contributed by atoms with E-state index >= 15 is 0 Å². The van der Waals surface area contributed by atoms with E-state index in [-0.39, 0.29) is 30.3 Å². The number of hydrogen-bond acceptors (Lipinski definition) is 4. The molecule has 2 aliphatic heterocycles. The quantitative estimate of drug-likeness (QED) is 0.810. The van der Waals surface area contributed by atoms with Crippen LogP contribution in [0.3, 0.4) is 0 Å². The molecule has 3 amide bonds. The number of amides is 3. The second-order valence-electron chi connectivity index (χ2n) is 6.62. The number of benzene rings is 1. The van der Waals surface area contributed by atoms with Gasteiger partial charge < -0.3 is 10.6 Å². The first-order valence-corrected chi connectivity index (χ1v) is 8.48. The van der Waals surface area contributed by atoms with Crippen molar-refractivity contribution in [1.29, 1.82) is 0 Å². The van der Waals surface area contributed by atoms with Crippen LogP contribution in [0.1, 0.15) is 42.1 Å². The minimum Gasteiger partial charge on any atom is -0.349 e. The molecular formula is C18H23N3O3. The fourth-order valence-corrected chi connectivity index (χ4v) is 3.22. The fourth-order valence-electron chi connectivity index (χ4n) is 3.22. The van der Waals surface area contributed by atoms with Gasteiger partial charge >= 0.3 is 0 Å². The zero-order chi connectivity index (χ0) is 17.1. The minimum absolute atomic E-state index is 0.0753. The van der Waals surface area contributed by atoms with E-state index in [1.54, 1.807) is 24.3 Å². The molecule has 0 aliphatic carbocycles. The minimum atomic E-state index is -0.123. The Morgan fingerprint density at radius 3 is 2.50 bits per heavy atom. The first kappa shape index (κ1) is 16.6. The number of nitrogens with zero attached hydrogens (tertiary/aromatic N) is 1. The lowest BCUT2D eigenvalue weighted by Gasteiger charge is -2.30. The van der Waals surface area contributed by atoms with Gasteiger partial charge in [-0.1, -0.05) is 19.1 Å². The Balaban J connectivity index is 1.60. The Kier molecular flexibility index (Phi) is 4.94. The molecule has 1 aromatic carbocycles. The van der Waals surface area contributed by atoms with Crippen molar-refractivity contribution in [1.82, 2.24) is 15.5 Å². The van der Waals surface area contributed by atoms with Crippen molar-refractivity contribution in [3.8, 4) is 0 Å². The van der Waals surface area contributed by atoms with Gasteiger partial charge in [-0.25, -0.2) is 0 Å². The van der Waals surface area contributed by atoms with Crippen molar-refractivity contribution < 1.29 is 14.4 Å². The summed E-state index contributed by atoms with van der Waals surface area (Å²) >= 11 is 0. The van der Waals surface area contributed by atoms with Gasteiger partial charge in [-0.3, -0.25) is 19.3 Å². The smallest absolute Gasteiger partial charge is 0.251 e. The summed E-state index contributed by atoms with van der Waals surface area (Å²) < 4.78 is 0. The Morgan fingerprint density at radius 1 is 1.21 bits per heavy atom. The molecule has 2 fully saturated rings. The molecule has 0 radical (unpaired) electrons. The largest absolute Gasteiger partial charge is 0.349 e. The van der Waals surface area contributed by atoms with E-state index in [4.69, 9.17) is 0 Å². The van der Waals surface area contributed by atoms with Crippen molar-refractivity contribution in [2.75, 3.05) is 13.1 Å². The van der Waals surface area contributed by atoms with Crippen molar-refractivity contribution in [2.24, 2.45) is 5.92 Å². The highest BCUT2D eigenvalue weighted by Crippen LogP contribution is 2.17. The molecule has 128 valence electrons. The lowest BCUT2D eigenvalue weighted by molar-refractivity contribution is -0.139. The maximum atomic E-state index is 12.4. The highest BCUT2D eigenvalue weighted by atomic mass is 16.2. The summed E-state index contributed by atoms with van der Waals surface area (Å²) in [5.74, 6) is 0.0891. The number of piperidine rings is 1. The molecule has 0 spiro atoms. The van der Waals surface area contributed by atoms with Crippen LogP contribution in [-0.4, -0.2) is 41.8 Å². The average Bonchev–Trinajstić information content (AvgIpc) is 2.89. The number of imide groups is 1. The highest BCUT2D eigenvalue weighted by molar-refractivity contribution is 6.01. The molecule has 6 heteroatoms. The van der Waals surface area contributed by atoms with Gasteiger partial charge in [0.05, 0.1) is 6.54 Å². The summed E-state index contributed by atoms with van der Waals surface area (Å²) in [5.41, 5.74) is 1.45. The molecule has 2 unspecified atom stereocenters. The van der Waals surface area contributed by atoms with Gasteiger partial charge in [-0.2, -0.15) is 0 Å². The highest BCUT2D eigenvalue weighted by Gasteiger charge is 2.28. The molecule has 0 saturated carbocycles. The Bertz CT molecular complexity index is 625. The standard InChI is InChI=1S/C18H23N3O3/c1-12-10-19-9-8-15(12)20-18(24)14-4-2-13(3-5-14)11-21-16(22)6-7-17(21)23/h2-5,12,15,19H,6-11H2,1H3,(H,20,24). The van der Waals surface area contributed by atoms with Crippen LogP contribution >= 0.6 is 0 Å². The van der Waals surface area contributed by atoms with Gasteiger partial charge in [-0.05, 0) is 43.1 Å². The summed E-state index contributed by atoms with van der Waals surface area (Å²) in [4.78, 5) is 37.0. The van der Waals surface area contributed by atoms with Gasteiger partial charge in [-0.15, -0.1) is 0 Å². The molecule has 0 bridgehead atoms. The average molecular weight is 329 g/mol. The number of rotatable bonds is 4. The van der Waals surface area contributed by atoms with E-state index in [2.05, 4.69) is 17.6 Å². The SMILES string of the molecule is CC1CNCCC1NC(=O)c1ccc(CN2C(=O)CCC2=O)cc1. The summed E-state index contributed by atoms with van der Waals surface area (Å²) in [6.45, 7) is 4.25. The first-order valence-electron chi connectivity index (χ1n) is 8.48. The number of carbonyl (C=O) groups is 3. The predicted octanol–water partition coefficient (Wildman–Crippen LogP) is 1.06. The second kappa shape index (κ2) is 7.13. The third-order valence-electron chi connectivity index (χ3n) is 4.81. The molecular weight excluding hydrogens is 306 g/mol. The van der Waals surface area contributed by atoms with Gasteiger partial charge in [0.25, 0.3) is 5.91 Å². The van der Waals surface area contributed by atoms with E-state index < -0.39 is 0 Å². The van der Waals surface area contributed by atoms with E-state index in [0.717, 1.165) is 25.1 Å². The molecule has 2 heterocycles. The molecule has 6 nitrogen and oxygen atoms in total. The Labute approximate surface area is 141 Å². The van der Waals surface area contributed by atoms with Crippen molar-refractivity contribution in [3.63, 3.8) is 0 Å². The van der Waals surface area contributed by atoms with Crippen LogP contribution < -0.4 is 10.6 Å². The zero-order valence-corrected chi connectivity index (χ0v) is 13.9. The molecule has 2 aliphatic rings. The monoisotopic (exact) mass is 329 g/mol. The number of likely N-dealkylation sites (tertiary alicyclic amines) is 1. The molecule has 0 aromatic heterocycles. The maximum Gasteiger partial charge on any atom is 0.251 e. The summed E-state index contributed by atoms with van der Waals surface area (Å²) in [6, 6.07) is 7.31. The topological polar surface area (TPSA) is 78.5 Å². The van der Waals surface area contributed by atoms with Crippen LogP contribution in [0.2, 0.25) is 0 Å². The fraction of sp³-hybridized carbons (Fsp3) is 0.500. The molecule has 2 atom stereocenters. The lowest BCUT2D eigenvalue weighted by atomic mass is 9.95. The maximum absolute atomic E-state index is 12.4. The van der Waals surface area contributed by atoms with Crippen molar-refractivity contribution in [2.45, 2.75) is 38.8 Å². The van der Waals surface area contributed by atoms with Crippen LogP contribution in [0.4, 0.5) is 0 Å². The van der Waals surface area contributed by atoms with Crippen LogP contribution in [0.25, 0.3) is 0 Å². The zero-order valence-electron chi connectivity index (χ0n) is 13.9. The summed E-state index contributed by atoms with van der Waals surface area (Å²) in [5, 5.41) is 6.41. The number of carbonyl (C=O) groups excluding carboxylic acids is 3. The van der Waals surface area contributed by atoms with E-state index in [1.807, 2.05) is 0 Å². The van der Waals surface area contributed by atoms with Gasteiger partial charge in [0.1, 0.15) is 0 Å². The van der Waals surface area contributed by atoms with Crippen LogP contribution in [-0.2, 0) is 16.1 Å². The number of hydrogen-bond donors (Lipinski definition) is 2. The Hall–Kier alpha value is -2.21. The van der Waals surface area contributed by atoms with Gasteiger partial charge in [0.2, 0.25) is 11.8 Å². The van der Waals surface area contributed by atoms with Crippen LogP contribution in [0.15, 0.2) is 24.3 Å². The summed E-state index contributed by atoms with van der Waals surface area (Å²) in [7, 11) is 0. The van der Waals surface area contributed by atoms with Gasteiger partial charge in [0, 0.05) is 24.4 Å². The summed E-state index contributed by atoms with van der Waals surface area (Å²) in [6.07, 6.45) is 1.53.